The smallest absolute Gasteiger partial charge is 0.410 e. The first-order valence-electron chi connectivity index (χ1n) is 17.0. The van der Waals surface area contributed by atoms with Crippen molar-refractivity contribution in [3.63, 3.8) is 0 Å². The molecule has 1 aliphatic heterocycles. The van der Waals surface area contributed by atoms with Gasteiger partial charge in [0.05, 0.1) is 18.0 Å². The number of carbonyl (C=O) groups excluding carboxylic acids is 1. The van der Waals surface area contributed by atoms with Gasteiger partial charge in [-0.2, -0.15) is 0 Å². The largest absolute Gasteiger partial charge is 0.494 e. The summed E-state index contributed by atoms with van der Waals surface area (Å²) in [7, 11) is 0. The predicted molar refractivity (Wildman–Crippen MR) is 198 cm³/mol. The minimum Gasteiger partial charge on any atom is -0.494 e. The van der Waals surface area contributed by atoms with Gasteiger partial charge < -0.3 is 24.2 Å². The SMILES string of the molecule is O=C1OC(COc2ccccc2)CN1CCCOc1ccc(Cc2sc(=O)n(C(c3ccccc3)(c3ccccc3)c3ccccc3)c2O)cc1. The summed E-state index contributed by atoms with van der Waals surface area (Å²) in [6.45, 7) is 1.73. The molecule has 1 aromatic heterocycles. The number of rotatable bonds is 14. The van der Waals surface area contributed by atoms with Gasteiger partial charge in [-0.25, -0.2) is 4.79 Å². The maximum absolute atomic E-state index is 14.0. The summed E-state index contributed by atoms with van der Waals surface area (Å²) >= 11 is 1.06. The Kier molecular flexibility index (Phi) is 10.2. The number of hydrogen-bond acceptors (Lipinski definition) is 7. The van der Waals surface area contributed by atoms with E-state index in [1.807, 2.05) is 146 Å². The lowest BCUT2D eigenvalue weighted by atomic mass is 9.76. The molecule has 0 saturated carbocycles. The van der Waals surface area contributed by atoms with Gasteiger partial charge in [0, 0.05) is 13.0 Å². The van der Waals surface area contributed by atoms with Crippen LogP contribution in [0.15, 0.2) is 150 Å². The van der Waals surface area contributed by atoms with Crippen molar-refractivity contribution in [1.29, 1.82) is 0 Å². The standard InChI is InChI=1S/C42H38N2O6S/c45-39-38(51-41(47)44(39)42(32-14-5-1-6-15-32,33-16-7-2-8-17-33)34-18-9-3-10-19-34)28-31-22-24-36(25-23-31)48-27-13-26-43-29-37(50-40(43)46)30-49-35-20-11-4-12-21-35/h1-12,14-25,37,45H,13,26-30H2. The second-order valence-corrected chi connectivity index (χ2v) is 13.4. The summed E-state index contributed by atoms with van der Waals surface area (Å²) in [6.07, 6.45) is 0.367. The Morgan fingerprint density at radius 1 is 0.706 bits per heavy atom. The molecule has 1 unspecified atom stereocenters. The molecule has 6 aromatic rings. The van der Waals surface area contributed by atoms with E-state index in [1.54, 1.807) is 9.47 Å². The van der Waals surface area contributed by atoms with Gasteiger partial charge in [0.2, 0.25) is 5.88 Å². The van der Waals surface area contributed by atoms with Crippen molar-refractivity contribution >= 4 is 17.4 Å². The normalized spacial score (nSPS) is 14.3. The quantitative estimate of drug-likeness (QED) is 0.0926. The van der Waals surface area contributed by atoms with Crippen molar-refractivity contribution in [2.45, 2.75) is 24.5 Å². The fourth-order valence-corrected chi connectivity index (χ4v) is 7.58. The van der Waals surface area contributed by atoms with Crippen molar-refractivity contribution in [2.75, 3.05) is 26.3 Å². The van der Waals surface area contributed by atoms with Crippen molar-refractivity contribution < 1.29 is 24.1 Å². The Balaban J connectivity index is 1.02. The van der Waals surface area contributed by atoms with Gasteiger partial charge in [-0.1, -0.05) is 133 Å². The zero-order chi connectivity index (χ0) is 35.0. The third-order valence-electron chi connectivity index (χ3n) is 9.02. The van der Waals surface area contributed by atoms with Crippen LogP contribution in [0.2, 0.25) is 0 Å². The van der Waals surface area contributed by atoms with Gasteiger partial charge in [0.25, 0.3) is 0 Å². The summed E-state index contributed by atoms with van der Waals surface area (Å²) in [6, 6.07) is 46.7. The molecule has 7 rings (SSSR count). The highest BCUT2D eigenvalue weighted by Gasteiger charge is 2.42. The first-order chi connectivity index (χ1) is 25.0. The Morgan fingerprint density at radius 2 is 1.24 bits per heavy atom. The van der Waals surface area contributed by atoms with E-state index >= 15 is 0 Å². The number of para-hydroxylation sites is 1. The second-order valence-electron chi connectivity index (χ2n) is 12.4. The van der Waals surface area contributed by atoms with Gasteiger partial charge in [-0.3, -0.25) is 9.36 Å². The summed E-state index contributed by atoms with van der Waals surface area (Å²) in [5, 5.41) is 11.9. The van der Waals surface area contributed by atoms with Crippen LogP contribution in [0.3, 0.4) is 0 Å². The van der Waals surface area contributed by atoms with Crippen LogP contribution < -0.4 is 14.3 Å². The molecule has 0 bridgehead atoms. The number of benzene rings is 5. The highest BCUT2D eigenvalue weighted by Crippen LogP contribution is 2.43. The Morgan fingerprint density at radius 3 is 1.80 bits per heavy atom. The summed E-state index contributed by atoms with van der Waals surface area (Å²) < 4.78 is 18.7. The number of thiazole rings is 1. The van der Waals surface area contributed by atoms with E-state index in [2.05, 4.69) is 0 Å². The van der Waals surface area contributed by atoms with Crippen LogP contribution in [0, 0.1) is 0 Å². The highest BCUT2D eigenvalue weighted by molar-refractivity contribution is 7.09. The average molecular weight is 699 g/mol. The highest BCUT2D eigenvalue weighted by atomic mass is 32.1. The number of hydrogen-bond donors (Lipinski definition) is 1. The summed E-state index contributed by atoms with van der Waals surface area (Å²) in [5.74, 6) is 1.38. The van der Waals surface area contributed by atoms with Gasteiger partial charge in [-0.05, 0) is 52.9 Å². The van der Waals surface area contributed by atoms with Crippen molar-refractivity contribution in [1.82, 2.24) is 9.47 Å². The molecule has 1 N–H and O–H groups in total. The number of amides is 1. The monoisotopic (exact) mass is 698 g/mol. The third kappa shape index (κ3) is 7.25. The summed E-state index contributed by atoms with van der Waals surface area (Å²) in [4.78, 5) is 28.3. The molecule has 5 aromatic carbocycles. The minimum atomic E-state index is -1.10. The fourth-order valence-electron chi connectivity index (χ4n) is 6.63. The first-order valence-corrected chi connectivity index (χ1v) is 17.8. The topological polar surface area (TPSA) is 90.2 Å². The molecule has 1 fully saturated rings. The molecule has 1 aliphatic rings. The van der Waals surface area contributed by atoms with Gasteiger partial charge in [0.15, 0.2) is 6.10 Å². The number of cyclic esters (lactones) is 1. The molecule has 0 aliphatic carbocycles. The zero-order valence-electron chi connectivity index (χ0n) is 28.0. The number of nitrogens with zero attached hydrogens (tertiary/aromatic N) is 2. The lowest BCUT2D eigenvalue weighted by Crippen LogP contribution is -2.42. The van der Waals surface area contributed by atoms with Crippen LogP contribution in [-0.4, -0.2) is 53.1 Å². The summed E-state index contributed by atoms with van der Waals surface area (Å²) in [5.41, 5.74) is 2.43. The molecule has 1 saturated heterocycles. The number of ether oxygens (including phenoxy) is 3. The van der Waals surface area contributed by atoms with E-state index in [-0.39, 0.29) is 23.0 Å². The first kappa shape index (κ1) is 33.7. The molecule has 258 valence electrons. The third-order valence-corrected chi connectivity index (χ3v) is 9.95. The van der Waals surface area contributed by atoms with E-state index in [0.717, 1.165) is 39.3 Å². The molecule has 0 spiro atoms. The molecule has 1 atom stereocenters. The zero-order valence-corrected chi connectivity index (χ0v) is 28.8. The van der Waals surface area contributed by atoms with Crippen molar-refractivity contribution in [3.05, 3.63) is 182 Å². The van der Waals surface area contributed by atoms with Crippen LogP contribution in [0.1, 0.15) is 33.6 Å². The van der Waals surface area contributed by atoms with Crippen LogP contribution >= 0.6 is 11.3 Å². The van der Waals surface area contributed by atoms with E-state index in [0.29, 0.717) is 49.8 Å². The van der Waals surface area contributed by atoms with Gasteiger partial charge in [-0.15, -0.1) is 0 Å². The van der Waals surface area contributed by atoms with E-state index in [1.165, 1.54) is 0 Å². The fraction of sp³-hybridized carbons (Fsp3) is 0.190. The Bertz CT molecular complexity index is 1990. The number of aromatic hydroxyl groups is 1. The maximum Gasteiger partial charge on any atom is 0.410 e. The molecule has 8 nitrogen and oxygen atoms in total. The molecule has 2 heterocycles. The second kappa shape index (κ2) is 15.4. The lowest BCUT2D eigenvalue weighted by molar-refractivity contribution is 0.102. The van der Waals surface area contributed by atoms with Crippen LogP contribution in [0.25, 0.3) is 0 Å². The van der Waals surface area contributed by atoms with E-state index < -0.39 is 5.54 Å². The predicted octanol–water partition coefficient (Wildman–Crippen LogP) is 7.72. The molecular formula is C42H38N2O6S. The Hall–Kier alpha value is -5.80. The molecular weight excluding hydrogens is 661 g/mol. The molecule has 0 radical (unpaired) electrons. The number of carbonyl (C=O) groups is 1. The van der Waals surface area contributed by atoms with Gasteiger partial charge >= 0.3 is 11.0 Å². The van der Waals surface area contributed by atoms with Crippen LogP contribution in [0.5, 0.6) is 17.4 Å². The molecule has 51 heavy (non-hydrogen) atoms. The van der Waals surface area contributed by atoms with Crippen molar-refractivity contribution in [2.24, 2.45) is 0 Å². The van der Waals surface area contributed by atoms with E-state index in [4.69, 9.17) is 14.2 Å². The number of aromatic nitrogens is 1. The minimum absolute atomic E-state index is 0.0591. The maximum atomic E-state index is 14.0. The molecule has 1 amide bonds. The van der Waals surface area contributed by atoms with Crippen LogP contribution in [0.4, 0.5) is 4.79 Å². The van der Waals surface area contributed by atoms with E-state index in [9.17, 15) is 14.7 Å². The average Bonchev–Trinajstić information content (AvgIpc) is 3.68. The van der Waals surface area contributed by atoms with Crippen LogP contribution in [-0.2, 0) is 16.7 Å². The van der Waals surface area contributed by atoms with Gasteiger partial charge in [0.1, 0.15) is 23.6 Å². The lowest BCUT2D eigenvalue weighted by Gasteiger charge is -2.37. The molecule has 9 heteroatoms. The van der Waals surface area contributed by atoms with Crippen molar-refractivity contribution in [3.8, 4) is 17.4 Å². The Labute approximate surface area is 300 Å².